The largest absolute Gasteiger partial charge is 0.457 e. The molecule has 0 aromatic heterocycles. The minimum Gasteiger partial charge on any atom is -0.457 e. The Morgan fingerprint density at radius 2 is 1.62 bits per heavy atom. The predicted octanol–water partition coefficient (Wildman–Crippen LogP) is 2.99. The van der Waals surface area contributed by atoms with E-state index in [1.807, 2.05) is 0 Å². The highest BCUT2D eigenvalue weighted by Crippen LogP contribution is 2.21. The Hall–Kier alpha value is -2.40. The van der Waals surface area contributed by atoms with E-state index in [0.717, 1.165) is 0 Å². The normalized spacial score (nSPS) is 10.2. The number of hydrogen-bond donors (Lipinski definition) is 1. The van der Waals surface area contributed by atoms with E-state index in [4.69, 9.17) is 9.47 Å². The first-order valence-electron chi connectivity index (χ1n) is 6.49. The van der Waals surface area contributed by atoms with Gasteiger partial charge >= 0.3 is 0 Å². The molecule has 0 saturated carbocycles. The van der Waals surface area contributed by atoms with E-state index in [1.165, 1.54) is 12.1 Å². The number of halogens is 1. The highest BCUT2D eigenvalue weighted by Gasteiger charge is 2.05. The zero-order valence-electron chi connectivity index (χ0n) is 11.6. The van der Waals surface area contributed by atoms with Gasteiger partial charge in [-0.1, -0.05) is 0 Å². The van der Waals surface area contributed by atoms with Crippen molar-refractivity contribution in [2.75, 3.05) is 20.3 Å². The highest BCUT2D eigenvalue weighted by atomic mass is 19.1. The summed E-state index contributed by atoms with van der Waals surface area (Å²) in [5.74, 6) is 0.634. The molecule has 0 spiro atoms. The Morgan fingerprint density at radius 3 is 2.19 bits per heavy atom. The highest BCUT2D eigenvalue weighted by molar-refractivity contribution is 5.94. The third kappa shape index (κ3) is 4.57. The molecule has 0 bridgehead atoms. The van der Waals surface area contributed by atoms with Crippen LogP contribution in [0.25, 0.3) is 0 Å². The van der Waals surface area contributed by atoms with Crippen LogP contribution >= 0.6 is 0 Å². The standard InChI is InChI=1S/C16H16FNO3/c1-20-11-10-18-16(19)12-2-6-14(7-3-12)21-15-8-4-13(17)5-9-15/h2-9H,10-11H2,1H3,(H,18,19). The molecule has 0 fully saturated rings. The van der Waals surface area contributed by atoms with Gasteiger partial charge in [-0.05, 0) is 48.5 Å². The number of benzene rings is 2. The number of rotatable bonds is 6. The Bertz CT molecular complexity index is 581. The van der Waals surface area contributed by atoms with Gasteiger partial charge in [-0.2, -0.15) is 0 Å². The SMILES string of the molecule is COCCNC(=O)c1ccc(Oc2ccc(F)cc2)cc1. The van der Waals surface area contributed by atoms with E-state index in [9.17, 15) is 9.18 Å². The van der Waals surface area contributed by atoms with Crippen LogP contribution in [-0.4, -0.2) is 26.2 Å². The Labute approximate surface area is 122 Å². The van der Waals surface area contributed by atoms with Crippen LogP contribution in [0, 0.1) is 5.82 Å². The van der Waals surface area contributed by atoms with Crippen molar-refractivity contribution >= 4 is 5.91 Å². The maximum absolute atomic E-state index is 12.8. The second kappa shape index (κ2) is 7.40. The van der Waals surface area contributed by atoms with Gasteiger partial charge < -0.3 is 14.8 Å². The minimum absolute atomic E-state index is 0.166. The molecule has 4 nitrogen and oxygen atoms in total. The average Bonchev–Trinajstić information content (AvgIpc) is 2.50. The van der Waals surface area contributed by atoms with Gasteiger partial charge in [0.2, 0.25) is 0 Å². The first-order chi connectivity index (χ1) is 10.2. The molecule has 0 unspecified atom stereocenters. The smallest absolute Gasteiger partial charge is 0.251 e. The lowest BCUT2D eigenvalue weighted by molar-refractivity contribution is 0.0937. The lowest BCUT2D eigenvalue weighted by Crippen LogP contribution is -2.26. The maximum atomic E-state index is 12.8. The van der Waals surface area contributed by atoms with E-state index in [-0.39, 0.29) is 11.7 Å². The molecule has 2 aromatic carbocycles. The van der Waals surface area contributed by atoms with Gasteiger partial charge in [-0.25, -0.2) is 4.39 Å². The maximum Gasteiger partial charge on any atom is 0.251 e. The summed E-state index contributed by atoms with van der Waals surface area (Å²) in [6.45, 7) is 0.931. The molecule has 1 amide bonds. The molecule has 0 atom stereocenters. The third-order valence-corrected chi connectivity index (χ3v) is 2.76. The van der Waals surface area contributed by atoms with Crippen molar-refractivity contribution < 1.29 is 18.7 Å². The summed E-state index contributed by atoms with van der Waals surface area (Å²) in [5.41, 5.74) is 0.539. The van der Waals surface area contributed by atoms with E-state index >= 15 is 0 Å². The summed E-state index contributed by atoms with van der Waals surface area (Å²) in [6.07, 6.45) is 0. The van der Waals surface area contributed by atoms with Crippen molar-refractivity contribution in [2.45, 2.75) is 0 Å². The summed E-state index contributed by atoms with van der Waals surface area (Å²) < 4.78 is 23.2. The first kappa shape index (κ1) is 15.0. The summed E-state index contributed by atoms with van der Waals surface area (Å²) >= 11 is 0. The van der Waals surface area contributed by atoms with Crippen LogP contribution in [-0.2, 0) is 4.74 Å². The molecule has 21 heavy (non-hydrogen) atoms. The first-order valence-corrected chi connectivity index (χ1v) is 6.49. The number of hydrogen-bond acceptors (Lipinski definition) is 3. The van der Waals surface area contributed by atoms with Crippen LogP contribution in [0.5, 0.6) is 11.5 Å². The van der Waals surface area contributed by atoms with Crippen molar-refractivity contribution in [3.05, 3.63) is 59.9 Å². The van der Waals surface area contributed by atoms with Crippen LogP contribution in [0.1, 0.15) is 10.4 Å². The van der Waals surface area contributed by atoms with E-state index in [0.29, 0.717) is 30.2 Å². The molecule has 0 heterocycles. The van der Waals surface area contributed by atoms with Crippen molar-refractivity contribution in [3.8, 4) is 11.5 Å². The topological polar surface area (TPSA) is 47.6 Å². The van der Waals surface area contributed by atoms with Crippen LogP contribution in [0.3, 0.4) is 0 Å². The third-order valence-electron chi connectivity index (χ3n) is 2.76. The summed E-state index contributed by atoms with van der Waals surface area (Å²) in [6, 6.07) is 12.5. The zero-order valence-corrected chi connectivity index (χ0v) is 11.6. The summed E-state index contributed by atoms with van der Waals surface area (Å²) in [5, 5.41) is 2.73. The van der Waals surface area contributed by atoms with E-state index < -0.39 is 0 Å². The quantitative estimate of drug-likeness (QED) is 0.832. The molecular formula is C16H16FNO3. The molecule has 0 aliphatic heterocycles. The van der Waals surface area contributed by atoms with Gasteiger partial charge in [0, 0.05) is 19.2 Å². The van der Waals surface area contributed by atoms with Gasteiger partial charge in [-0.15, -0.1) is 0 Å². The van der Waals surface area contributed by atoms with Crippen LogP contribution in [0.15, 0.2) is 48.5 Å². The molecule has 1 N–H and O–H groups in total. The number of ether oxygens (including phenoxy) is 2. The molecule has 2 rings (SSSR count). The molecule has 0 saturated heterocycles. The molecule has 0 aliphatic rings. The lowest BCUT2D eigenvalue weighted by Gasteiger charge is -2.07. The fourth-order valence-electron chi connectivity index (χ4n) is 1.68. The number of nitrogens with one attached hydrogen (secondary N) is 1. The van der Waals surface area contributed by atoms with Gasteiger partial charge in [0.1, 0.15) is 17.3 Å². The number of amides is 1. The average molecular weight is 289 g/mol. The van der Waals surface area contributed by atoms with Gasteiger partial charge in [0.15, 0.2) is 0 Å². The number of methoxy groups -OCH3 is 1. The number of carbonyl (C=O) groups is 1. The molecule has 110 valence electrons. The van der Waals surface area contributed by atoms with E-state index in [2.05, 4.69) is 5.32 Å². The van der Waals surface area contributed by atoms with Gasteiger partial charge in [0.25, 0.3) is 5.91 Å². The van der Waals surface area contributed by atoms with Gasteiger partial charge in [0.05, 0.1) is 6.61 Å². The Kier molecular flexibility index (Phi) is 5.29. The summed E-state index contributed by atoms with van der Waals surface area (Å²) in [4.78, 5) is 11.8. The zero-order chi connectivity index (χ0) is 15.1. The molecule has 0 aliphatic carbocycles. The molecule has 0 radical (unpaired) electrons. The number of carbonyl (C=O) groups excluding carboxylic acids is 1. The molecule has 2 aromatic rings. The molecule has 5 heteroatoms. The van der Waals surface area contributed by atoms with Crippen LogP contribution in [0.4, 0.5) is 4.39 Å². The Morgan fingerprint density at radius 1 is 1.05 bits per heavy atom. The fourth-order valence-corrected chi connectivity index (χ4v) is 1.68. The Balaban J connectivity index is 1.95. The fraction of sp³-hybridized carbons (Fsp3) is 0.188. The van der Waals surface area contributed by atoms with Crippen LogP contribution in [0.2, 0.25) is 0 Å². The van der Waals surface area contributed by atoms with Crippen LogP contribution < -0.4 is 10.1 Å². The predicted molar refractivity (Wildman–Crippen MR) is 77.1 cm³/mol. The van der Waals surface area contributed by atoms with Gasteiger partial charge in [-0.3, -0.25) is 4.79 Å². The minimum atomic E-state index is -0.314. The van der Waals surface area contributed by atoms with Crippen molar-refractivity contribution in [1.29, 1.82) is 0 Å². The second-order valence-electron chi connectivity index (χ2n) is 4.33. The van der Waals surface area contributed by atoms with E-state index in [1.54, 1.807) is 43.5 Å². The molecular weight excluding hydrogens is 273 g/mol. The lowest BCUT2D eigenvalue weighted by atomic mass is 10.2. The van der Waals surface area contributed by atoms with Crippen molar-refractivity contribution in [2.24, 2.45) is 0 Å². The van der Waals surface area contributed by atoms with Crippen molar-refractivity contribution in [3.63, 3.8) is 0 Å². The monoisotopic (exact) mass is 289 g/mol. The second-order valence-corrected chi connectivity index (χ2v) is 4.33. The van der Waals surface area contributed by atoms with Crippen molar-refractivity contribution in [1.82, 2.24) is 5.32 Å². The summed E-state index contributed by atoms with van der Waals surface area (Å²) in [7, 11) is 1.58.